The van der Waals surface area contributed by atoms with Gasteiger partial charge in [-0.05, 0) is 54.9 Å². The van der Waals surface area contributed by atoms with Gasteiger partial charge in [-0.2, -0.15) is 0 Å². The summed E-state index contributed by atoms with van der Waals surface area (Å²) < 4.78 is 25.2. The lowest BCUT2D eigenvalue weighted by Crippen LogP contribution is -2.28. The van der Waals surface area contributed by atoms with Crippen LogP contribution in [-0.4, -0.2) is 29.2 Å². The van der Waals surface area contributed by atoms with Crippen molar-refractivity contribution >= 4 is 29.0 Å². The zero-order valence-corrected chi connectivity index (χ0v) is 17.1. The minimum Gasteiger partial charge on any atom is -0.490 e. The molecule has 0 aliphatic carbocycles. The normalized spacial score (nSPS) is 15.3. The van der Waals surface area contributed by atoms with Gasteiger partial charge >= 0.3 is 0 Å². The lowest BCUT2D eigenvalue weighted by molar-refractivity contribution is -0.122. The number of benzene rings is 2. The molecule has 1 aliphatic rings. The first kappa shape index (κ1) is 20.9. The molecule has 0 aromatic heterocycles. The first-order chi connectivity index (χ1) is 14.0. The van der Waals surface area contributed by atoms with Gasteiger partial charge in [0.1, 0.15) is 12.4 Å². The van der Waals surface area contributed by atoms with Gasteiger partial charge in [0.2, 0.25) is 0 Å². The molecule has 1 aliphatic heterocycles. The van der Waals surface area contributed by atoms with E-state index in [0.29, 0.717) is 47.1 Å². The summed E-state index contributed by atoms with van der Waals surface area (Å²) in [5, 5.41) is -0.252. The number of thioether (sulfide) groups is 1. The van der Waals surface area contributed by atoms with E-state index in [4.69, 9.17) is 9.47 Å². The van der Waals surface area contributed by atoms with Crippen LogP contribution in [0.15, 0.2) is 47.4 Å². The number of halogens is 1. The summed E-state index contributed by atoms with van der Waals surface area (Å²) in [6, 6.07) is 11.7. The van der Waals surface area contributed by atoms with Crippen LogP contribution in [0.2, 0.25) is 0 Å². The number of carbonyl (C=O) groups is 2. The lowest BCUT2D eigenvalue weighted by atomic mass is 10.1. The number of rotatable bonds is 8. The number of hydrogen-bond donors (Lipinski definition) is 0. The highest BCUT2D eigenvalue weighted by Crippen LogP contribution is 2.35. The Morgan fingerprint density at radius 2 is 1.86 bits per heavy atom. The number of nitrogens with zero attached hydrogens (tertiary/aromatic N) is 1. The second kappa shape index (κ2) is 9.60. The maximum atomic E-state index is 13.8. The molecule has 0 spiro atoms. The van der Waals surface area contributed by atoms with Crippen LogP contribution < -0.4 is 9.47 Å². The predicted octanol–water partition coefficient (Wildman–Crippen LogP) is 5.25. The van der Waals surface area contributed by atoms with Crippen LogP contribution in [0.4, 0.5) is 9.18 Å². The zero-order valence-electron chi connectivity index (χ0n) is 16.3. The summed E-state index contributed by atoms with van der Waals surface area (Å²) in [6.45, 7) is 4.67. The quantitative estimate of drug-likeness (QED) is 0.551. The van der Waals surface area contributed by atoms with E-state index in [2.05, 4.69) is 0 Å². The number of amides is 2. The maximum absolute atomic E-state index is 13.8. The van der Waals surface area contributed by atoms with Crippen molar-refractivity contribution in [1.82, 2.24) is 4.90 Å². The van der Waals surface area contributed by atoms with Crippen LogP contribution in [-0.2, 0) is 11.4 Å². The third-order valence-corrected chi connectivity index (χ3v) is 5.13. The third kappa shape index (κ3) is 4.98. The fraction of sp³-hybridized carbons (Fsp3) is 0.273. The molecular formula is C22H22FNO4S. The topological polar surface area (TPSA) is 55.8 Å². The molecule has 0 N–H and O–H groups in total. The van der Waals surface area contributed by atoms with Gasteiger partial charge in [0, 0.05) is 12.1 Å². The molecule has 152 valence electrons. The number of carbonyl (C=O) groups excluding carboxylic acids is 2. The molecule has 5 nitrogen and oxygen atoms in total. The van der Waals surface area contributed by atoms with E-state index < -0.39 is 0 Å². The third-order valence-electron chi connectivity index (χ3n) is 4.23. The standard InChI is InChI=1S/C22H22FNO4S/c1-3-11-24-21(25)20(29-22(24)26)13-15-9-10-18(19(12-15)27-4-2)28-14-16-7-5-6-8-17(16)23/h5-10,12-13H,3-4,11,14H2,1-2H3/b20-13+. The summed E-state index contributed by atoms with van der Waals surface area (Å²) in [4.78, 5) is 26.0. The first-order valence-electron chi connectivity index (χ1n) is 9.42. The van der Waals surface area contributed by atoms with Crippen molar-refractivity contribution < 1.29 is 23.5 Å². The Bertz CT molecular complexity index is 944. The molecule has 2 amide bonds. The van der Waals surface area contributed by atoms with E-state index in [1.54, 1.807) is 42.5 Å². The minimum atomic E-state index is -0.329. The highest BCUT2D eigenvalue weighted by molar-refractivity contribution is 8.18. The average Bonchev–Trinajstić information content (AvgIpc) is 2.96. The molecule has 3 rings (SSSR count). The molecule has 1 heterocycles. The van der Waals surface area contributed by atoms with Crippen LogP contribution in [0.3, 0.4) is 0 Å². The fourth-order valence-electron chi connectivity index (χ4n) is 2.84. The summed E-state index contributed by atoms with van der Waals surface area (Å²) in [5.41, 5.74) is 1.16. The molecule has 1 saturated heterocycles. The largest absolute Gasteiger partial charge is 0.490 e. The predicted molar refractivity (Wildman–Crippen MR) is 111 cm³/mol. The molecule has 29 heavy (non-hydrogen) atoms. The summed E-state index contributed by atoms with van der Waals surface area (Å²) in [5.74, 6) is 0.362. The van der Waals surface area contributed by atoms with Crippen LogP contribution >= 0.6 is 11.8 Å². The van der Waals surface area contributed by atoms with Gasteiger partial charge in [-0.15, -0.1) is 0 Å². The van der Waals surface area contributed by atoms with Crippen molar-refractivity contribution in [2.24, 2.45) is 0 Å². The summed E-state index contributed by atoms with van der Waals surface area (Å²) >= 11 is 0.934. The van der Waals surface area contributed by atoms with Crippen molar-refractivity contribution in [3.8, 4) is 11.5 Å². The Hall–Kier alpha value is -2.80. The molecule has 2 aromatic carbocycles. The molecule has 0 bridgehead atoms. The van der Waals surface area contributed by atoms with Crippen LogP contribution in [0, 0.1) is 5.82 Å². The Balaban J connectivity index is 1.80. The second-order valence-corrected chi connectivity index (χ2v) is 7.35. The summed E-state index contributed by atoms with van der Waals surface area (Å²) in [7, 11) is 0. The monoisotopic (exact) mass is 415 g/mol. The maximum Gasteiger partial charge on any atom is 0.293 e. The SMILES string of the molecule is CCCN1C(=O)S/C(=C/c2ccc(OCc3ccccc3F)c(OCC)c2)C1=O. The van der Waals surface area contributed by atoms with Crippen molar-refractivity contribution in [3.05, 3.63) is 64.3 Å². The van der Waals surface area contributed by atoms with E-state index in [-0.39, 0.29) is 23.6 Å². The van der Waals surface area contributed by atoms with Gasteiger partial charge in [0.15, 0.2) is 11.5 Å². The smallest absolute Gasteiger partial charge is 0.293 e. The van der Waals surface area contributed by atoms with Crippen molar-refractivity contribution in [3.63, 3.8) is 0 Å². The molecular weight excluding hydrogens is 393 g/mol. The van der Waals surface area contributed by atoms with Crippen LogP contribution in [0.25, 0.3) is 6.08 Å². The van der Waals surface area contributed by atoms with E-state index >= 15 is 0 Å². The lowest BCUT2D eigenvalue weighted by Gasteiger charge is -2.13. The first-order valence-corrected chi connectivity index (χ1v) is 10.2. The van der Waals surface area contributed by atoms with Crippen molar-refractivity contribution in [2.45, 2.75) is 26.9 Å². The molecule has 0 atom stereocenters. The van der Waals surface area contributed by atoms with E-state index in [9.17, 15) is 14.0 Å². The van der Waals surface area contributed by atoms with Crippen molar-refractivity contribution in [1.29, 1.82) is 0 Å². The van der Waals surface area contributed by atoms with Crippen molar-refractivity contribution in [2.75, 3.05) is 13.2 Å². The number of ether oxygens (including phenoxy) is 2. The molecule has 0 saturated carbocycles. The fourth-order valence-corrected chi connectivity index (χ4v) is 3.71. The van der Waals surface area contributed by atoms with Gasteiger partial charge < -0.3 is 9.47 Å². The Kier molecular flexibility index (Phi) is 6.93. The number of imide groups is 1. The van der Waals surface area contributed by atoms with Gasteiger partial charge in [-0.3, -0.25) is 14.5 Å². The summed E-state index contributed by atoms with van der Waals surface area (Å²) in [6.07, 6.45) is 2.39. The minimum absolute atomic E-state index is 0.0714. The zero-order chi connectivity index (χ0) is 20.8. The molecule has 0 radical (unpaired) electrons. The molecule has 1 fully saturated rings. The van der Waals surface area contributed by atoms with Gasteiger partial charge in [-0.1, -0.05) is 31.2 Å². The van der Waals surface area contributed by atoms with E-state index in [0.717, 1.165) is 11.8 Å². The molecule has 7 heteroatoms. The molecule has 2 aromatic rings. The average molecular weight is 415 g/mol. The highest BCUT2D eigenvalue weighted by atomic mass is 32.2. The Labute approximate surface area is 173 Å². The van der Waals surface area contributed by atoms with Crippen LogP contribution in [0.5, 0.6) is 11.5 Å². The van der Waals surface area contributed by atoms with E-state index in [1.807, 2.05) is 13.8 Å². The number of hydrogen-bond acceptors (Lipinski definition) is 5. The second-order valence-electron chi connectivity index (χ2n) is 6.35. The van der Waals surface area contributed by atoms with Gasteiger partial charge in [-0.25, -0.2) is 4.39 Å². The highest BCUT2D eigenvalue weighted by Gasteiger charge is 2.34. The van der Waals surface area contributed by atoms with Gasteiger partial charge in [0.05, 0.1) is 11.5 Å². The van der Waals surface area contributed by atoms with Crippen LogP contribution in [0.1, 0.15) is 31.4 Å². The molecule has 0 unspecified atom stereocenters. The van der Waals surface area contributed by atoms with E-state index in [1.165, 1.54) is 11.0 Å². The van der Waals surface area contributed by atoms with Gasteiger partial charge in [0.25, 0.3) is 11.1 Å². The Morgan fingerprint density at radius 1 is 1.07 bits per heavy atom. The Morgan fingerprint density at radius 3 is 2.59 bits per heavy atom.